The van der Waals surface area contributed by atoms with Gasteiger partial charge in [0, 0.05) is 0 Å². The topological polar surface area (TPSA) is 84.9 Å². The smallest absolute Gasteiger partial charge is 0.407 e. The third-order valence-corrected chi connectivity index (χ3v) is 2.38. The molecule has 0 saturated heterocycles. The van der Waals surface area contributed by atoms with Gasteiger partial charge in [0.1, 0.15) is 5.60 Å². The van der Waals surface area contributed by atoms with Crippen LogP contribution in [-0.4, -0.2) is 42.0 Å². The quantitative estimate of drug-likeness (QED) is 0.717. The molecule has 0 aromatic rings. The summed E-state index contributed by atoms with van der Waals surface area (Å²) in [6, 6.07) is -0.542. The van der Waals surface area contributed by atoms with E-state index >= 15 is 0 Å². The van der Waals surface area contributed by atoms with Crippen LogP contribution in [0.2, 0.25) is 0 Å². The summed E-state index contributed by atoms with van der Waals surface area (Å²) >= 11 is 0. The molecule has 0 fully saturated rings. The summed E-state index contributed by atoms with van der Waals surface area (Å²) in [4.78, 5) is 22.9. The monoisotopic (exact) mass is 275 g/mol. The van der Waals surface area contributed by atoms with Gasteiger partial charge in [0.05, 0.1) is 25.7 Å². The van der Waals surface area contributed by atoms with Crippen molar-refractivity contribution in [3.05, 3.63) is 0 Å². The van der Waals surface area contributed by atoms with Crippen molar-refractivity contribution in [2.24, 2.45) is 5.92 Å². The molecule has 1 amide bonds. The summed E-state index contributed by atoms with van der Waals surface area (Å²) in [5.74, 6) is -0.587. The molecule has 6 heteroatoms. The van der Waals surface area contributed by atoms with Crippen molar-refractivity contribution in [3.63, 3.8) is 0 Å². The Hall–Kier alpha value is -1.30. The minimum Gasteiger partial charge on any atom is -0.466 e. The lowest BCUT2D eigenvalue weighted by atomic mass is 9.99. The molecule has 0 radical (unpaired) electrons. The predicted octanol–water partition coefficient (Wildman–Crippen LogP) is 1.46. The average molecular weight is 275 g/mol. The fourth-order valence-electron chi connectivity index (χ4n) is 1.45. The first kappa shape index (κ1) is 17.7. The minimum absolute atomic E-state index is 0.134. The van der Waals surface area contributed by atoms with E-state index in [0.717, 1.165) is 0 Å². The number of carbonyl (C=O) groups is 2. The van der Waals surface area contributed by atoms with Crippen molar-refractivity contribution in [1.82, 2.24) is 5.32 Å². The van der Waals surface area contributed by atoms with Gasteiger partial charge in [-0.2, -0.15) is 0 Å². The Morgan fingerprint density at radius 2 is 1.89 bits per heavy atom. The molecule has 0 aromatic carbocycles. The third kappa shape index (κ3) is 8.42. The summed E-state index contributed by atoms with van der Waals surface area (Å²) < 4.78 is 9.92. The van der Waals surface area contributed by atoms with Crippen LogP contribution in [0.15, 0.2) is 0 Å². The van der Waals surface area contributed by atoms with E-state index < -0.39 is 17.7 Å². The van der Waals surface area contributed by atoms with Gasteiger partial charge in [-0.05, 0) is 33.6 Å². The Kier molecular flexibility index (Phi) is 7.44. The highest BCUT2D eigenvalue weighted by Gasteiger charge is 2.24. The van der Waals surface area contributed by atoms with Crippen LogP contribution in [0.4, 0.5) is 4.79 Å². The Labute approximate surface area is 114 Å². The molecule has 2 N–H and O–H groups in total. The number of aliphatic hydroxyl groups is 1. The molecule has 0 spiro atoms. The van der Waals surface area contributed by atoms with Crippen LogP contribution in [0.3, 0.4) is 0 Å². The fraction of sp³-hybridized carbons (Fsp3) is 0.846. The van der Waals surface area contributed by atoms with Gasteiger partial charge in [0.25, 0.3) is 0 Å². The van der Waals surface area contributed by atoms with Crippen LogP contribution in [-0.2, 0) is 14.3 Å². The van der Waals surface area contributed by atoms with Gasteiger partial charge in [0.2, 0.25) is 0 Å². The number of ether oxygens (including phenoxy) is 2. The van der Waals surface area contributed by atoms with Gasteiger partial charge in [-0.25, -0.2) is 4.79 Å². The molecule has 0 unspecified atom stereocenters. The second kappa shape index (κ2) is 7.99. The van der Waals surface area contributed by atoms with E-state index in [-0.39, 0.29) is 24.9 Å². The highest BCUT2D eigenvalue weighted by atomic mass is 16.6. The summed E-state index contributed by atoms with van der Waals surface area (Å²) in [5.41, 5.74) is -0.603. The number of carbonyl (C=O) groups excluding carboxylic acids is 2. The van der Waals surface area contributed by atoms with Gasteiger partial charge in [-0.1, -0.05) is 6.92 Å². The molecule has 0 heterocycles. The number of alkyl carbamates (subject to hydrolysis) is 1. The van der Waals surface area contributed by atoms with Gasteiger partial charge >= 0.3 is 12.1 Å². The summed E-state index contributed by atoms with van der Waals surface area (Å²) in [5, 5.41) is 11.8. The van der Waals surface area contributed by atoms with E-state index in [0.29, 0.717) is 6.61 Å². The van der Waals surface area contributed by atoms with Gasteiger partial charge < -0.3 is 19.9 Å². The maximum absolute atomic E-state index is 11.6. The van der Waals surface area contributed by atoms with Crippen LogP contribution < -0.4 is 5.32 Å². The van der Waals surface area contributed by atoms with E-state index in [1.807, 2.05) is 0 Å². The standard InChI is InChI=1S/C13H25NO5/c1-6-18-11(16)7-9(2)10(8-15)14-12(17)19-13(3,4)5/h9-10,15H,6-8H2,1-5H3,(H,14,17)/t9-,10-/m1/s1. The second-order valence-corrected chi connectivity index (χ2v) is 5.42. The van der Waals surface area contributed by atoms with Crippen molar-refractivity contribution in [2.75, 3.05) is 13.2 Å². The fourth-order valence-corrected chi connectivity index (χ4v) is 1.45. The minimum atomic E-state index is -0.609. The molecule has 0 aliphatic carbocycles. The van der Waals surface area contributed by atoms with Crippen LogP contribution in [0, 0.1) is 5.92 Å². The Morgan fingerprint density at radius 1 is 1.32 bits per heavy atom. The van der Waals surface area contributed by atoms with E-state index in [1.54, 1.807) is 34.6 Å². The number of rotatable bonds is 6. The van der Waals surface area contributed by atoms with Gasteiger partial charge in [0.15, 0.2) is 0 Å². The number of esters is 1. The maximum atomic E-state index is 11.6. The highest BCUT2D eigenvalue weighted by molar-refractivity contribution is 5.70. The zero-order valence-corrected chi connectivity index (χ0v) is 12.4. The molecular formula is C13H25NO5. The summed E-state index contributed by atoms with van der Waals surface area (Å²) in [6.07, 6.45) is -0.475. The van der Waals surface area contributed by atoms with Crippen molar-refractivity contribution in [3.8, 4) is 0 Å². The average Bonchev–Trinajstić information content (AvgIpc) is 2.23. The molecule has 19 heavy (non-hydrogen) atoms. The van der Waals surface area contributed by atoms with E-state index in [9.17, 15) is 14.7 Å². The maximum Gasteiger partial charge on any atom is 0.407 e. The molecule has 0 aliphatic heterocycles. The summed E-state index contributed by atoms with van der Waals surface area (Å²) in [7, 11) is 0. The molecule has 0 aliphatic rings. The molecule has 112 valence electrons. The highest BCUT2D eigenvalue weighted by Crippen LogP contribution is 2.11. The largest absolute Gasteiger partial charge is 0.466 e. The van der Waals surface area contributed by atoms with Crippen molar-refractivity contribution in [2.45, 2.75) is 52.7 Å². The van der Waals surface area contributed by atoms with Gasteiger partial charge in [-0.3, -0.25) is 4.79 Å². The number of amides is 1. The lowest BCUT2D eigenvalue weighted by molar-refractivity contribution is -0.144. The molecule has 0 bridgehead atoms. The molecule has 0 rings (SSSR count). The van der Waals surface area contributed by atoms with E-state index in [4.69, 9.17) is 9.47 Å². The Balaban J connectivity index is 4.33. The van der Waals surface area contributed by atoms with Crippen molar-refractivity contribution >= 4 is 12.1 Å². The number of hydrogen-bond donors (Lipinski definition) is 2. The van der Waals surface area contributed by atoms with Crippen LogP contribution in [0.5, 0.6) is 0 Å². The zero-order chi connectivity index (χ0) is 15.1. The van der Waals surface area contributed by atoms with Crippen molar-refractivity contribution in [1.29, 1.82) is 0 Å². The summed E-state index contributed by atoms with van der Waals surface area (Å²) in [6.45, 7) is 8.79. The number of hydrogen-bond acceptors (Lipinski definition) is 5. The first-order valence-corrected chi connectivity index (χ1v) is 6.45. The Morgan fingerprint density at radius 3 is 2.32 bits per heavy atom. The number of aliphatic hydroxyl groups excluding tert-OH is 1. The van der Waals surface area contributed by atoms with Crippen LogP contribution in [0.25, 0.3) is 0 Å². The molecule has 0 aromatic heterocycles. The first-order valence-electron chi connectivity index (χ1n) is 6.45. The Bertz CT molecular complexity index is 298. The molecular weight excluding hydrogens is 250 g/mol. The lowest BCUT2D eigenvalue weighted by Crippen LogP contribution is -2.45. The zero-order valence-electron chi connectivity index (χ0n) is 12.4. The molecule has 2 atom stereocenters. The van der Waals surface area contributed by atoms with E-state index in [1.165, 1.54) is 0 Å². The lowest BCUT2D eigenvalue weighted by Gasteiger charge is -2.25. The normalized spacial score (nSPS) is 14.4. The number of nitrogens with one attached hydrogen (secondary N) is 1. The SMILES string of the molecule is CCOC(=O)C[C@@H](C)[C@@H](CO)NC(=O)OC(C)(C)C. The molecule has 6 nitrogen and oxygen atoms in total. The van der Waals surface area contributed by atoms with E-state index in [2.05, 4.69) is 5.32 Å². The van der Waals surface area contributed by atoms with Crippen LogP contribution in [0.1, 0.15) is 41.0 Å². The van der Waals surface area contributed by atoms with Crippen LogP contribution >= 0.6 is 0 Å². The molecule has 0 saturated carbocycles. The first-order chi connectivity index (χ1) is 8.69. The van der Waals surface area contributed by atoms with Crippen molar-refractivity contribution < 1.29 is 24.2 Å². The second-order valence-electron chi connectivity index (χ2n) is 5.42. The third-order valence-electron chi connectivity index (χ3n) is 2.38. The van der Waals surface area contributed by atoms with Gasteiger partial charge in [-0.15, -0.1) is 0 Å². The predicted molar refractivity (Wildman–Crippen MR) is 70.7 cm³/mol.